The highest BCUT2D eigenvalue weighted by Crippen LogP contribution is 2.31. The van der Waals surface area contributed by atoms with Gasteiger partial charge in [-0.3, -0.25) is 4.98 Å². The van der Waals surface area contributed by atoms with Gasteiger partial charge in [-0.05, 0) is 29.5 Å². The van der Waals surface area contributed by atoms with Crippen LogP contribution in [0.2, 0.25) is 0 Å². The summed E-state index contributed by atoms with van der Waals surface area (Å²) in [6, 6.07) is 6.48. The molecule has 0 aliphatic carbocycles. The van der Waals surface area contributed by atoms with E-state index in [0.29, 0.717) is 0 Å². The van der Waals surface area contributed by atoms with Crippen LogP contribution in [0.4, 0.5) is 0 Å². The van der Waals surface area contributed by atoms with Crippen LogP contribution in [-0.2, 0) is 17.8 Å². The van der Waals surface area contributed by atoms with E-state index in [0.717, 1.165) is 26.1 Å². The van der Waals surface area contributed by atoms with Crippen molar-refractivity contribution in [3.05, 3.63) is 41.0 Å². The largest absolute Gasteiger partial charge is 0.377 e. The minimum Gasteiger partial charge on any atom is -0.377 e. The molecule has 1 aromatic carbocycles. The van der Waals surface area contributed by atoms with Crippen molar-refractivity contribution in [2.45, 2.75) is 19.4 Å². The van der Waals surface area contributed by atoms with Crippen molar-refractivity contribution in [2.75, 3.05) is 6.61 Å². The zero-order valence-electron chi connectivity index (χ0n) is 8.98. The van der Waals surface area contributed by atoms with Crippen LogP contribution in [-0.4, -0.2) is 11.6 Å². The number of hydrogen-bond donors (Lipinski definition) is 0. The zero-order valence-corrected chi connectivity index (χ0v) is 9.80. The lowest BCUT2D eigenvalue weighted by Crippen LogP contribution is -1.94. The molecule has 1 aromatic heterocycles. The predicted molar refractivity (Wildman–Crippen MR) is 65.5 cm³/mol. The lowest BCUT2D eigenvalue weighted by molar-refractivity contribution is 0.125. The maximum atomic E-state index is 5.58. The topological polar surface area (TPSA) is 22.1 Å². The van der Waals surface area contributed by atoms with Crippen molar-refractivity contribution < 1.29 is 4.74 Å². The van der Waals surface area contributed by atoms with E-state index in [-0.39, 0.29) is 0 Å². The Labute approximate surface area is 98.9 Å². The molecule has 0 fully saturated rings. The van der Waals surface area contributed by atoms with E-state index < -0.39 is 0 Å². The molecule has 0 N–H and O–H groups in total. The molecule has 1 aliphatic rings. The molecule has 0 atom stereocenters. The number of nitrogens with zero attached hydrogens (tertiary/aromatic N) is 1. The van der Waals surface area contributed by atoms with Crippen LogP contribution in [0.5, 0.6) is 0 Å². The molecule has 0 saturated carbocycles. The Morgan fingerprint density at radius 1 is 1.31 bits per heavy atom. The first-order chi connectivity index (χ1) is 7.95. The lowest BCUT2D eigenvalue weighted by Gasteiger charge is -2.09. The van der Waals surface area contributed by atoms with Gasteiger partial charge in [-0.25, -0.2) is 0 Å². The molecule has 0 radical (unpaired) electrons. The molecule has 3 heteroatoms. The average Bonchev–Trinajstić information content (AvgIpc) is 2.73. The first-order valence-corrected chi connectivity index (χ1v) is 6.40. The Morgan fingerprint density at radius 2 is 2.31 bits per heavy atom. The SMILES string of the molecule is c1cc2c(c(-c3cncs3)c1)CCCOC2. The molecular weight excluding hydrogens is 218 g/mol. The second kappa shape index (κ2) is 4.36. The molecule has 0 spiro atoms. The van der Waals surface area contributed by atoms with Crippen LogP contribution >= 0.6 is 11.3 Å². The third-order valence-corrected chi connectivity index (χ3v) is 3.75. The van der Waals surface area contributed by atoms with Crippen molar-refractivity contribution in [1.29, 1.82) is 0 Å². The summed E-state index contributed by atoms with van der Waals surface area (Å²) in [6.07, 6.45) is 4.18. The first kappa shape index (κ1) is 10.00. The number of rotatable bonds is 1. The van der Waals surface area contributed by atoms with Gasteiger partial charge < -0.3 is 4.74 Å². The fourth-order valence-corrected chi connectivity index (χ4v) is 2.85. The van der Waals surface area contributed by atoms with Crippen molar-refractivity contribution in [3.8, 4) is 10.4 Å². The summed E-state index contributed by atoms with van der Waals surface area (Å²) in [5.74, 6) is 0. The molecule has 1 aliphatic heterocycles. The number of thiazole rings is 1. The highest BCUT2D eigenvalue weighted by Gasteiger charge is 2.13. The van der Waals surface area contributed by atoms with Crippen LogP contribution in [0.15, 0.2) is 29.9 Å². The van der Waals surface area contributed by atoms with Gasteiger partial charge in [0.2, 0.25) is 0 Å². The van der Waals surface area contributed by atoms with Gasteiger partial charge in [-0.2, -0.15) is 0 Å². The second-order valence-electron chi connectivity index (χ2n) is 3.97. The molecule has 2 nitrogen and oxygen atoms in total. The van der Waals surface area contributed by atoms with Crippen LogP contribution in [0.25, 0.3) is 10.4 Å². The van der Waals surface area contributed by atoms with Gasteiger partial charge in [0, 0.05) is 12.8 Å². The quantitative estimate of drug-likeness (QED) is 0.751. The van der Waals surface area contributed by atoms with E-state index in [4.69, 9.17) is 4.74 Å². The molecule has 0 unspecified atom stereocenters. The summed E-state index contributed by atoms with van der Waals surface area (Å²) in [5.41, 5.74) is 6.01. The van der Waals surface area contributed by atoms with E-state index in [1.807, 2.05) is 11.7 Å². The minimum atomic E-state index is 0.752. The molecule has 2 heterocycles. The number of ether oxygens (including phenoxy) is 1. The third kappa shape index (κ3) is 1.77. The Bertz CT molecular complexity index is 479. The number of benzene rings is 1. The van der Waals surface area contributed by atoms with Gasteiger partial charge in [0.1, 0.15) is 0 Å². The van der Waals surface area contributed by atoms with Crippen molar-refractivity contribution in [3.63, 3.8) is 0 Å². The second-order valence-corrected chi connectivity index (χ2v) is 4.85. The average molecular weight is 231 g/mol. The fourth-order valence-electron chi connectivity index (χ4n) is 2.18. The Morgan fingerprint density at radius 3 is 3.19 bits per heavy atom. The summed E-state index contributed by atoms with van der Waals surface area (Å²) in [4.78, 5) is 5.42. The molecule has 16 heavy (non-hydrogen) atoms. The van der Waals surface area contributed by atoms with E-state index in [9.17, 15) is 0 Å². The van der Waals surface area contributed by atoms with E-state index >= 15 is 0 Å². The Kier molecular flexibility index (Phi) is 2.72. The summed E-state index contributed by atoms with van der Waals surface area (Å²) in [7, 11) is 0. The molecule has 0 amide bonds. The van der Waals surface area contributed by atoms with Crippen LogP contribution in [0, 0.1) is 0 Å². The van der Waals surface area contributed by atoms with Crippen LogP contribution in [0.1, 0.15) is 17.5 Å². The van der Waals surface area contributed by atoms with Gasteiger partial charge in [0.25, 0.3) is 0 Å². The summed E-state index contributed by atoms with van der Waals surface area (Å²) in [6.45, 7) is 1.62. The summed E-state index contributed by atoms with van der Waals surface area (Å²) in [5, 5.41) is 0. The number of fused-ring (bicyclic) bond motifs is 1. The van der Waals surface area contributed by atoms with Crippen LogP contribution in [0.3, 0.4) is 0 Å². The Balaban J connectivity index is 2.12. The monoisotopic (exact) mass is 231 g/mol. The van der Waals surface area contributed by atoms with Gasteiger partial charge >= 0.3 is 0 Å². The molecule has 2 aromatic rings. The Hall–Kier alpha value is -1.19. The van der Waals surface area contributed by atoms with Crippen LogP contribution < -0.4 is 0 Å². The van der Waals surface area contributed by atoms with Crippen molar-refractivity contribution >= 4 is 11.3 Å². The molecule has 0 bridgehead atoms. The third-order valence-electron chi connectivity index (χ3n) is 2.94. The van der Waals surface area contributed by atoms with Crippen molar-refractivity contribution in [1.82, 2.24) is 4.98 Å². The molecular formula is C13H13NOS. The standard InChI is InChI=1S/C13H13NOS/c1-3-10-8-15-6-2-5-11(10)12(4-1)13-7-14-9-16-13/h1,3-4,7,9H,2,5-6,8H2. The minimum absolute atomic E-state index is 0.752. The van der Waals surface area contributed by atoms with E-state index in [1.54, 1.807) is 11.3 Å². The fraction of sp³-hybridized carbons (Fsp3) is 0.308. The first-order valence-electron chi connectivity index (χ1n) is 5.52. The smallest absolute Gasteiger partial charge is 0.0797 e. The van der Waals surface area contributed by atoms with E-state index in [2.05, 4.69) is 23.2 Å². The lowest BCUT2D eigenvalue weighted by atomic mass is 9.97. The van der Waals surface area contributed by atoms with Gasteiger partial charge in [-0.1, -0.05) is 18.2 Å². The summed E-state index contributed by atoms with van der Waals surface area (Å²) < 4.78 is 5.58. The van der Waals surface area contributed by atoms with Gasteiger partial charge in [0.15, 0.2) is 0 Å². The van der Waals surface area contributed by atoms with Gasteiger partial charge in [-0.15, -0.1) is 11.3 Å². The van der Waals surface area contributed by atoms with Crippen molar-refractivity contribution in [2.24, 2.45) is 0 Å². The summed E-state index contributed by atoms with van der Waals surface area (Å²) >= 11 is 1.70. The molecule has 82 valence electrons. The highest BCUT2D eigenvalue weighted by molar-refractivity contribution is 7.13. The maximum Gasteiger partial charge on any atom is 0.0797 e. The normalized spacial score (nSPS) is 15.5. The predicted octanol–water partition coefficient (Wildman–Crippen LogP) is 3.27. The highest BCUT2D eigenvalue weighted by atomic mass is 32.1. The number of aromatic nitrogens is 1. The van der Waals surface area contributed by atoms with E-state index in [1.165, 1.54) is 21.6 Å². The maximum absolute atomic E-state index is 5.58. The molecule has 0 saturated heterocycles. The number of hydrogen-bond acceptors (Lipinski definition) is 3. The zero-order chi connectivity index (χ0) is 10.8. The molecule has 3 rings (SSSR count). The van der Waals surface area contributed by atoms with Gasteiger partial charge in [0.05, 0.1) is 17.0 Å².